The monoisotopic (exact) mass is 204 g/mol. The zero-order chi connectivity index (χ0) is 11.1. The molecule has 1 aromatic rings. The topological polar surface area (TPSA) is 20.2 Å². The fourth-order valence-electron chi connectivity index (χ4n) is 2.65. The number of hydrogen-bond acceptors (Lipinski definition) is 1. The normalized spacial score (nSPS) is 18.7. The van der Waals surface area contributed by atoms with E-state index < -0.39 is 0 Å². The molecule has 0 unspecified atom stereocenters. The van der Waals surface area contributed by atoms with Crippen LogP contribution in [0.5, 0.6) is 0 Å². The zero-order valence-corrected chi connectivity index (χ0v) is 9.93. The van der Waals surface area contributed by atoms with Crippen LogP contribution in [0.2, 0.25) is 0 Å². The van der Waals surface area contributed by atoms with Crippen molar-refractivity contribution in [1.82, 2.24) is 0 Å². The van der Waals surface area contributed by atoms with E-state index >= 15 is 0 Å². The third-order valence-electron chi connectivity index (χ3n) is 4.24. The van der Waals surface area contributed by atoms with Crippen molar-refractivity contribution in [2.75, 3.05) is 6.61 Å². The maximum Gasteiger partial charge on any atom is 0.0528 e. The van der Waals surface area contributed by atoms with Gasteiger partial charge in [-0.05, 0) is 55.9 Å². The third-order valence-corrected chi connectivity index (χ3v) is 4.24. The van der Waals surface area contributed by atoms with Gasteiger partial charge in [-0.15, -0.1) is 0 Å². The minimum absolute atomic E-state index is 0.0859. The van der Waals surface area contributed by atoms with Crippen LogP contribution in [0.1, 0.15) is 41.5 Å². The van der Waals surface area contributed by atoms with Crippen molar-refractivity contribution < 1.29 is 5.11 Å². The number of aliphatic hydroxyl groups is 1. The van der Waals surface area contributed by atoms with Crippen molar-refractivity contribution in [3.8, 4) is 0 Å². The predicted octanol–water partition coefficient (Wildman–Crippen LogP) is 3.03. The van der Waals surface area contributed by atoms with E-state index in [4.69, 9.17) is 0 Å². The van der Waals surface area contributed by atoms with E-state index in [1.54, 1.807) is 0 Å². The molecule has 1 aromatic carbocycles. The first-order valence-corrected chi connectivity index (χ1v) is 5.79. The van der Waals surface area contributed by atoms with Gasteiger partial charge < -0.3 is 5.11 Å². The molecule has 82 valence electrons. The molecule has 1 aliphatic rings. The lowest BCUT2D eigenvalue weighted by Crippen LogP contribution is -2.38. The average molecular weight is 204 g/mol. The SMILES string of the molecule is Cc1ccc(C2(CO)CCC2)c(C)c1C. The van der Waals surface area contributed by atoms with Crippen molar-refractivity contribution in [3.63, 3.8) is 0 Å². The molecule has 0 radical (unpaired) electrons. The summed E-state index contributed by atoms with van der Waals surface area (Å²) in [4.78, 5) is 0. The van der Waals surface area contributed by atoms with Crippen LogP contribution >= 0.6 is 0 Å². The van der Waals surface area contributed by atoms with Gasteiger partial charge >= 0.3 is 0 Å². The molecule has 0 atom stereocenters. The van der Waals surface area contributed by atoms with E-state index in [2.05, 4.69) is 32.9 Å². The van der Waals surface area contributed by atoms with Crippen molar-refractivity contribution in [1.29, 1.82) is 0 Å². The summed E-state index contributed by atoms with van der Waals surface area (Å²) in [6.45, 7) is 6.82. The van der Waals surface area contributed by atoms with E-state index in [9.17, 15) is 5.11 Å². The van der Waals surface area contributed by atoms with E-state index in [0.717, 1.165) is 12.8 Å². The highest BCUT2D eigenvalue weighted by molar-refractivity contribution is 5.43. The zero-order valence-electron chi connectivity index (χ0n) is 9.93. The predicted molar refractivity (Wildman–Crippen MR) is 63.3 cm³/mol. The highest BCUT2D eigenvalue weighted by Crippen LogP contribution is 2.45. The van der Waals surface area contributed by atoms with E-state index in [1.807, 2.05) is 0 Å². The van der Waals surface area contributed by atoms with Gasteiger partial charge in [0.05, 0.1) is 6.61 Å². The van der Waals surface area contributed by atoms with Gasteiger partial charge in [-0.25, -0.2) is 0 Å². The first-order valence-electron chi connectivity index (χ1n) is 5.79. The smallest absolute Gasteiger partial charge is 0.0528 e. The fraction of sp³-hybridized carbons (Fsp3) is 0.571. The van der Waals surface area contributed by atoms with Crippen LogP contribution in [0.15, 0.2) is 12.1 Å². The molecule has 1 fully saturated rings. The number of aliphatic hydroxyl groups excluding tert-OH is 1. The Morgan fingerprint density at radius 3 is 2.27 bits per heavy atom. The molecule has 0 heterocycles. The van der Waals surface area contributed by atoms with Crippen molar-refractivity contribution >= 4 is 0 Å². The lowest BCUT2D eigenvalue weighted by Gasteiger charge is -2.42. The minimum Gasteiger partial charge on any atom is -0.395 e. The second-order valence-corrected chi connectivity index (χ2v) is 4.97. The first-order chi connectivity index (χ1) is 7.10. The fourth-order valence-corrected chi connectivity index (χ4v) is 2.65. The van der Waals surface area contributed by atoms with Crippen LogP contribution in [-0.2, 0) is 5.41 Å². The molecule has 1 heteroatoms. The van der Waals surface area contributed by atoms with E-state index in [0.29, 0.717) is 6.61 Å². The third kappa shape index (κ3) is 1.50. The molecule has 0 amide bonds. The Morgan fingerprint density at radius 1 is 1.13 bits per heavy atom. The Balaban J connectivity index is 2.49. The molecule has 0 aliphatic heterocycles. The number of benzene rings is 1. The van der Waals surface area contributed by atoms with Crippen LogP contribution in [0.25, 0.3) is 0 Å². The molecule has 15 heavy (non-hydrogen) atoms. The van der Waals surface area contributed by atoms with E-state index in [-0.39, 0.29) is 5.41 Å². The summed E-state index contributed by atoms with van der Waals surface area (Å²) in [5, 5.41) is 9.57. The Morgan fingerprint density at radius 2 is 1.80 bits per heavy atom. The minimum atomic E-state index is 0.0859. The summed E-state index contributed by atoms with van der Waals surface area (Å²) in [5.74, 6) is 0. The van der Waals surface area contributed by atoms with Crippen LogP contribution in [0, 0.1) is 20.8 Å². The second kappa shape index (κ2) is 3.64. The molecule has 0 spiro atoms. The van der Waals surface area contributed by atoms with Crippen LogP contribution in [-0.4, -0.2) is 11.7 Å². The summed E-state index contributed by atoms with van der Waals surface area (Å²) in [5.41, 5.74) is 5.57. The maximum atomic E-state index is 9.57. The standard InChI is InChI=1S/C14H20O/c1-10-5-6-13(12(3)11(10)2)14(9-15)7-4-8-14/h5-6,15H,4,7-9H2,1-3H3. The largest absolute Gasteiger partial charge is 0.395 e. The summed E-state index contributed by atoms with van der Waals surface area (Å²) in [6, 6.07) is 4.40. The van der Waals surface area contributed by atoms with E-state index in [1.165, 1.54) is 28.7 Å². The lowest BCUT2D eigenvalue weighted by atomic mass is 9.63. The molecule has 2 rings (SSSR count). The molecule has 1 aliphatic carbocycles. The van der Waals surface area contributed by atoms with Crippen molar-refractivity contribution in [2.45, 2.75) is 45.4 Å². The summed E-state index contributed by atoms with van der Waals surface area (Å²) in [6.07, 6.45) is 3.55. The van der Waals surface area contributed by atoms with Crippen LogP contribution in [0.4, 0.5) is 0 Å². The van der Waals surface area contributed by atoms with Gasteiger partial charge in [0.25, 0.3) is 0 Å². The Kier molecular flexibility index (Phi) is 2.59. The van der Waals surface area contributed by atoms with Gasteiger partial charge in [0.2, 0.25) is 0 Å². The highest BCUT2D eigenvalue weighted by Gasteiger charge is 2.39. The second-order valence-electron chi connectivity index (χ2n) is 4.97. The average Bonchev–Trinajstić information content (AvgIpc) is 2.17. The Labute approximate surface area is 92.1 Å². The van der Waals surface area contributed by atoms with Crippen molar-refractivity contribution in [2.24, 2.45) is 0 Å². The highest BCUT2D eigenvalue weighted by atomic mass is 16.3. The van der Waals surface area contributed by atoms with Gasteiger partial charge in [-0.3, -0.25) is 0 Å². The van der Waals surface area contributed by atoms with Gasteiger partial charge in [0.1, 0.15) is 0 Å². The Bertz CT molecular complexity index is 370. The van der Waals surface area contributed by atoms with Gasteiger partial charge in [0, 0.05) is 5.41 Å². The molecule has 1 nitrogen and oxygen atoms in total. The molecule has 1 saturated carbocycles. The van der Waals surface area contributed by atoms with Crippen molar-refractivity contribution in [3.05, 3.63) is 34.4 Å². The molecule has 0 bridgehead atoms. The number of hydrogen-bond donors (Lipinski definition) is 1. The van der Waals surface area contributed by atoms with Crippen LogP contribution in [0.3, 0.4) is 0 Å². The van der Waals surface area contributed by atoms with Gasteiger partial charge in [-0.1, -0.05) is 18.6 Å². The van der Waals surface area contributed by atoms with Gasteiger partial charge in [0.15, 0.2) is 0 Å². The summed E-state index contributed by atoms with van der Waals surface area (Å²) in [7, 11) is 0. The molecule has 0 saturated heterocycles. The molecule has 0 aromatic heterocycles. The number of rotatable bonds is 2. The molecule has 1 N–H and O–H groups in total. The van der Waals surface area contributed by atoms with Crippen LogP contribution < -0.4 is 0 Å². The number of aryl methyl sites for hydroxylation is 1. The molecular weight excluding hydrogens is 184 g/mol. The summed E-state index contributed by atoms with van der Waals surface area (Å²) < 4.78 is 0. The quantitative estimate of drug-likeness (QED) is 0.785. The molecular formula is C14H20O. The lowest BCUT2D eigenvalue weighted by molar-refractivity contribution is 0.119. The Hall–Kier alpha value is -0.820. The summed E-state index contributed by atoms with van der Waals surface area (Å²) >= 11 is 0. The van der Waals surface area contributed by atoms with Gasteiger partial charge in [-0.2, -0.15) is 0 Å². The first kappa shape index (κ1) is 10.7. The maximum absolute atomic E-state index is 9.57.